The van der Waals surface area contributed by atoms with Crippen LogP contribution in [0.15, 0.2) is 18.2 Å². The van der Waals surface area contributed by atoms with E-state index in [1.165, 1.54) is 0 Å². The van der Waals surface area contributed by atoms with Gasteiger partial charge >= 0.3 is 0 Å². The van der Waals surface area contributed by atoms with Crippen molar-refractivity contribution in [3.05, 3.63) is 28.8 Å². The highest BCUT2D eigenvalue weighted by Crippen LogP contribution is 2.25. The number of hydrogen-bond acceptors (Lipinski definition) is 2. The van der Waals surface area contributed by atoms with Crippen molar-refractivity contribution in [2.75, 3.05) is 18.0 Å². The Bertz CT molecular complexity index is 410. The summed E-state index contributed by atoms with van der Waals surface area (Å²) in [5, 5.41) is 8.34. The monoisotopic (exact) mass is 281 g/mol. The topological polar surface area (TPSA) is 53.1 Å². The van der Waals surface area contributed by atoms with E-state index in [4.69, 9.17) is 22.7 Å². The number of unbranched alkanes of at least 4 members (excludes halogenated alkanes) is 2. The van der Waals surface area contributed by atoms with Gasteiger partial charge in [0.25, 0.3) is 0 Å². The standard InChI is InChI=1S/C15H24ClN3/c1-3-5-9-19(10-6-4-2)14-8-7-12(16)11-13(14)15(17)18/h7-8,11H,3-6,9-10H2,1-2H3,(H3,17,18). The molecule has 1 aromatic rings. The van der Waals surface area contributed by atoms with E-state index in [-0.39, 0.29) is 5.84 Å². The average molecular weight is 282 g/mol. The van der Waals surface area contributed by atoms with Crippen molar-refractivity contribution in [2.45, 2.75) is 39.5 Å². The summed E-state index contributed by atoms with van der Waals surface area (Å²) >= 11 is 6.00. The van der Waals surface area contributed by atoms with Crippen molar-refractivity contribution >= 4 is 23.1 Å². The maximum absolute atomic E-state index is 7.71. The zero-order valence-electron chi connectivity index (χ0n) is 11.9. The molecule has 3 nitrogen and oxygen atoms in total. The smallest absolute Gasteiger partial charge is 0.124 e. The molecule has 0 aliphatic rings. The summed E-state index contributed by atoms with van der Waals surface area (Å²) in [5.74, 6) is 0.0792. The number of nitrogens with one attached hydrogen (secondary N) is 1. The molecule has 0 aliphatic heterocycles. The number of rotatable bonds is 8. The van der Waals surface area contributed by atoms with Crippen molar-refractivity contribution in [3.63, 3.8) is 0 Å². The molecule has 1 rings (SSSR count). The third-order valence-corrected chi connectivity index (χ3v) is 3.39. The molecule has 0 fully saturated rings. The minimum absolute atomic E-state index is 0.0792. The van der Waals surface area contributed by atoms with E-state index in [0.29, 0.717) is 5.02 Å². The average Bonchev–Trinajstić information content (AvgIpc) is 2.39. The molecule has 0 bridgehead atoms. The number of nitrogens with two attached hydrogens (primary N) is 1. The van der Waals surface area contributed by atoms with Gasteiger partial charge < -0.3 is 10.6 Å². The molecule has 0 saturated carbocycles. The van der Waals surface area contributed by atoms with E-state index < -0.39 is 0 Å². The Morgan fingerprint density at radius 2 is 1.79 bits per heavy atom. The maximum Gasteiger partial charge on any atom is 0.124 e. The third kappa shape index (κ3) is 4.75. The molecule has 0 amide bonds. The molecule has 0 unspecified atom stereocenters. The number of nitrogen functional groups attached to an aromatic ring is 1. The van der Waals surface area contributed by atoms with Crippen molar-refractivity contribution in [3.8, 4) is 0 Å². The lowest BCUT2D eigenvalue weighted by molar-refractivity contribution is 0.677. The Morgan fingerprint density at radius 3 is 2.26 bits per heavy atom. The second-order valence-corrected chi connectivity index (χ2v) is 5.21. The van der Waals surface area contributed by atoms with E-state index >= 15 is 0 Å². The van der Waals surface area contributed by atoms with Crippen LogP contribution in [0.25, 0.3) is 0 Å². The Morgan fingerprint density at radius 1 is 1.21 bits per heavy atom. The second kappa shape index (κ2) is 8.05. The van der Waals surface area contributed by atoms with E-state index in [2.05, 4.69) is 18.7 Å². The summed E-state index contributed by atoms with van der Waals surface area (Å²) in [7, 11) is 0. The summed E-state index contributed by atoms with van der Waals surface area (Å²) < 4.78 is 0. The quantitative estimate of drug-likeness (QED) is 0.558. The van der Waals surface area contributed by atoms with Crippen LogP contribution < -0.4 is 10.6 Å². The van der Waals surface area contributed by atoms with Gasteiger partial charge in [0.1, 0.15) is 5.84 Å². The highest BCUT2D eigenvalue weighted by atomic mass is 35.5. The van der Waals surface area contributed by atoms with Crippen LogP contribution in [0.3, 0.4) is 0 Å². The van der Waals surface area contributed by atoms with Crippen LogP contribution in [-0.4, -0.2) is 18.9 Å². The Labute approximate surface area is 121 Å². The maximum atomic E-state index is 7.71. The first-order valence-corrected chi connectivity index (χ1v) is 7.36. The Balaban J connectivity index is 3.02. The van der Waals surface area contributed by atoms with Crippen LogP contribution in [0.2, 0.25) is 5.02 Å². The van der Waals surface area contributed by atoms with Crippen molar-refractivity contribution in [1.29, 1.82) is 5.41 Å². The van der Waals surface area contributed by atoms with E-state index in [1.54, 1.807) is 6.07 Å². The van der Waals surface area contributed by atoms with Gasteiger partial charge in [0.15, 0.2) is 0 Å². The molecular formula is C15H24ClN3. The molecule has 19 heavy (non-hydrogen) atoms. The first-order chi connectivity index (χ1) is 9.10. The van der Waals surface area contributed by atoms with Gasteiger partial charge in [-0.1, -0.05) is 38.3 Å². The first-order valence-electron chi connectivity index (χ1n) is 6.99. The number of benzene rings is 1. The molecule has 0 aromatic heterocycles. The largest absolute Gasteiger partial charge is 0.384 e. The molecule has 106 valence electrons. The number of anilines is 1. The summed E-state index contributed by atoms with van der Waals surface area (Å²) in [6.45, 7) is 6.37. The molecule has 4 heteroatoms. The van der Waals surface area contributed by atoms with E-state index in [0.717, 1.165) is 50.0 Å². The lowest BCUT2D eigenvalue weighted by Crippen LogP contribution is -2.28. The van der Waals surface area contributed by atoms with Crippen LogP contribution in [0.4, 0.5) is 5.69 Å². The minimum atomic E-state index is 0.0792. The van der Waals surface area contributed by atoms with Gasteiger partial charge in [-0.05, 0) is 31.0 Å². The van der Waals surface area contributed by atoms with Crippen molar-refractivity contribution in [2.24, 2.45) is 5.73 Å². The minimum Gasteiger partial charge on any atom is -0.384 e. The number of hydrogen-bond donors (Lipinski definition) is 2. The first kappa shape index (κ1) is 15.8. The molecule has 0 aliphatic carbocycles. The number of amidine groups is 1. The van der Waals surface area contributed by atoms with Crippen LogP contribution in [-0.2, 0) is 0 Å². The lowest BCUT2D eigenvalue weighted by Gasteiger charge is -2.27. The third-order valence-electron chi connectivity index (χ3n) is 3.15. The van der Waals surface area contributed by atoms with Crippen LogP contribution in [0.1, 0.15) is 45.1 Å². The van der Waals surface area contributed by atoms with Gasteiger partial charge in [-0.2, -0.15) is 0 Å². The molecule has 3 N–H and O–H groups in total. The van der Waals surface area contributed by atoms with Gasteiger partial charge in [-0.3, -0.25) is 5.41 Å². The normalized spacial score (nSPS) is 10.5. The fourth-order valence-corrected chi connectivity index (χ4v) is 2.22. The van der Waals surface area contributed by atoms with Crippen molar-refractivity contribution < 1.29 is 0 Å². The van der Waals surface area contributed by atoms with E-state index in [9.17, 15) is 0 Å². The van der Waals surface area contributed by atoms with Gasteiger partial charge in [0.05, 0.1) is 0 Å². The molecule has 0 radical (unpaired) electrons. The zero-order valence-corrected chi connectivity index (χ0v) is 12.6. The molecule has 0 spiro atoms. The van der Waals surface area contributed by atoms with Gasteiger partial charge in [-0.15, -0.1) is 0 Å². The zero-order chi connectivity index (χ0) is 14.3. The molecular weight excluding hydrogens is 258 g/mol. The molecule has 1 aromatic carbocycles. The summed E-state index contributed by atoms with van der Waals surface area (Å²) in [4.78, 5) is 2.32. The second-order valence-electron chi connectivity index (χ2n) is 4.77. The Kier molecular flexibility index (Phi) is 6.71. The van der Waals surface area contributed by atoms with E-state index in [1.807, 2.05) is 12.1 Å². The predicted octanol–water partition coefficient (Wildman–Crippen LogP) is 4.03. The molecule has 0 saturated heterocycles. The Hall–Kier alpha value is -1.22. The fourth-order valence-electron chi connectivity index (χ4n) is 2.05. The summed E-state index contributed by atoms with van der Waals surface area (Å²) in [6.07, 6.45) is 4.60. The SMILES string of the molecule is CCCCN(CCCC)c1ccc(Cl)cc1C(=N)N. The van der Waals surface area contributed by atoms with Crippen LogP contribution >= 0.6 is 11.6 Å². The van der Waals surface area contributed by atoms with Gasteiger partial charge in [0.2, 0.25) is 0 Å². The molecule has 0 heterocycles. The van der Waals surface area contributed by atoms with Gasteiger partial charge in [0, 0.05) is 29.4 Å². The predicted molar refractivity (Wildman–Crippen MR) is 84.5 cm³/mol. The highest BCUT2D eigenvalue weighted by Gasteiger charge is 2.13. The summed E-state index contributed by atoms with van der Waals surface area (Å²) in [6, 6.07) is 5.63. The van der Waals surface area contributed by atoms with Gasteiger partial charge in [-0.25, -0.2) is 0 Å². The highest BCUT2D eigenvalue weighted by molar-refractivity contribution is 6.31. The lowest BCUT2D eigenvalue weighted by atomic mass is 10.1. The van der Waals surface area contributed by atoms with Crippen LogP contribution in [0, 0.1) is 5.41 Å². The summed E-state index contributed by atoms with van der Waals surface area (Å²) in [5.41, 5.74) is 7.44. The van der Waals surface area contributed by atoms with Crippen LogP contribution in [0.5, 0.6) is 0 Å². The number of nitrogens with zero attached hydrogens (tertiary/aromatic N) is 1. The molecule has 0 atom stereocenters. The van der Waals surface area contributed by atoms with Crippen molar-refractivity contribution in [1.82, 2.24) is 0 Å². The fraction of sp³-hybridized carbons (Fsp3) is 0.533. The number of halogens is 1.